The summed E-state index contributed by atoms with van der Waals surface area (Å²) >= 11 is 0. The maximum Gasteiger partial charge on any atom is 0.490 e. The summed E-state index contributed by atoms with van der Waals surface area (Å²) in [4.78, 5) is 16.0. The van der Waals surface area contributed by atoms with E-state index >= 15 is 0 Å². The van der Waals surface area contributed by atoms with Crippen LogP contribution in [0.1, 0.15) is 6.92 Å². The van der Waals surface area contributed by atoms with Crippen molar-refractivity contribution in [3.63, 3.8) is 0 Å². The zero-order chi connectivity index (χ0) is 25.5. The Kier molecular flexibility index (Phi) is 6.18. The number of morpholine rings is 1. The monoisotopic (exact) mass is 515 g/mol. The minimum absolute atomic E-state index is 0.118. The van der Waals surface area contributed by atoms with Crippen molar-refractivity contribution in [2.24, 2.45) is 0 Å². The molecular weight excluding hydrogens is 495 g/mol. The van der Waals surface area contributed by atoms with Gasteiger partial charge in [0.05, 0.1) is 48.8 Å². The first-order chi connectivity index (χ1) is 16.4. The molecule has 5 heterocycles. The number of fused-ring (bicyclic) bond motifs is 3. The number of pyridine rings is 1. The largest absolute Gasteiger partial charge is 0.490 e. The average Bonchev–Trinajstić information content (AvgIpc) is 3.51. The van der Waals surface area contributed by atoms with Crippen molar-refractivity contribution in [2.45, 2.75) is 19.1 Å². The molecule has 0 amide bonds. The molecule has 0 radical (unpaired) electrons. The molecule has 1 atom stereocenters. The summed E-state index contributed by atoms with van der Waals surface area (Å²) in [6, 6.07) is 3.70. The highest BCUT2D eigenvalue weighted by Gasteiger charge is 2.38. The Labute approximate surface area is 196 Å². The van der Waals surface area contributed by atoms with Crippen molar-refractivity contribution in [1.82, 2.24) is 28.9 Å². The highest BCUT2D eigenvalue weighted by Crippen LogP contribution is 2.35. The topological polar surface area (TPSA) is 148 Å². The van der Waals surface area contributed by atoms with Gasteiger partial charge in [0.1, 0.15) is 5.82 Å². The maximum absolute atomic E-state index is 12.4. The maximum atomic E-state index is 12.4. The van der Waals surface area contributed by atoms with Crippen molar-refractivity contribution < 1.29 is 36.2 Å². The van der Waals surface area contributed by atoms with E-state index in [1.54, 1.807) is 35.4 Å². The number of H-pyrrole nitrogens is 1. The molecule has 1 fully saturated rings. The van der Waals surface area contributed by atoms with Crippen LogP contribution in [0.3, 0.4) is 0 Å². The molecule has 0 saturated carbocycles. The molecule has 4 aromatic heterocycles. The Hall–Kier alpha value is -3.66. The van der Waals surface area contributed by atoms with Crippen molar-refractivity contribution in [1.29, 1.82) is 0 Å². The van der Waals surface area contributed by atoms with Crippen LogP contribution in [0, 0.1) is 0 Å². The first-order valence-electron chi connectivity index (χ1n) is 10.1. The first kappa shape index (κ1) is 24.5. The Bertz CT molecular complexity index is 1480. The number of aromatic nitrogens is 6. The summed E-state index contributed by atoms with van der Waals surface area (Å²) in [5.74, 6) is -1.38. The third kappa shape index (κ3) is 4.66. The van der Waals surface area contributed by atoms with E-state index in [4.69, 9.17) is 19.6 Å². The van der Waals surface area contributed by atoms with Crippen LogP contribution in [0.4, 0.5) is 19.0 Å². The van der Waals surface area contributed by atoms with E-state index in [0.29, 0.717) is 42.1 Å². The number of ether oxygens (including phenoxy) is 1. The second-order valence-corrected chi connectivity index (χ2v) is 9.59. The predicted octanol–water partition coefficient (Wildman–Crippen LogP) is 1.76. The van der Waals surface area contributed by atoms with Gasteiger partial charge in [0.25, 0.3) is 0 Å². The number of hydrogen-bond acceptors (Lipinski definition) is 8. The van der Waals surface area contributed by atoms with E-state index in [1.807, 2.05) is 0 Å². The van der Waals surface area contributed by atoms with Crippen LogP contribution in [-0.4, -0.2) is 86.7 Å². The third-order valence-corrected chi connectivity index (χ3v) is 6.28. The Morgan fingerprint density at radius 1 is 1.29 bits per heavy atom. The number of anilines is 1. The van der Waals surface area contributed by atoms with Crippen LogP contribution in [0.2, 0.25) is 0 Å². The number of alkyl halides is 3. The lowest BCUT2D eigenvalue weighted by molar-refractivity contribution is -0.192. The molecule has 4 aromatic rings. The normalized spacial score (nSPS) is 16.9. The minimum Gasteiger partial charge on any atom is -0.475 e. The summed E-state index contributed by atoms with van der Waals surface area (Å²) < 4.78 is 65.0. The number of aliphatic carboxylic acids is 1. The third-order valence-electron chi connectivity index (χ3n) is 5.26. The fourth-order valence-corrected chi connectivity index (χ4v) is 4.53. The van der Waals surface area contributed by atoms with Gasteiger partial charge in [-0.3, -0.25) is 5.10 Å². The van der Waals surface area contributed by atoms with Crippen molar-refractivity contribution in [3.05, 3.63) is 30.7 Å². The van der Waals surface area contributed by atoms with E-state index in [9.17, 15) is 21.6 Å². The van der Waals surface area contributed by atoms with Gasteiger partial charge in [-0.25, -0.2) is 22.2 Å². The highest BCUT2D eigenvalue weighted by atomic mass is 32.2. The number of nitrogens with zero attached hydrogens (tertiary/aromatic N) is 6. The van der Waals surface area contributed by atoms with E-state index in [2.05, 4.69) is 27.1 Å². The summed E-state index contributed by atoms with van der Waals surface area (Å²) in [5.41, 5.74) is 1.14. The minimum atomic E-state index is -5.08. The number of halogens is 3. The second kappa shape index (κ2) is 8.84. The summed E-state index contributed by atoms with van der Waals surface area (Å²) in [6.07, 6.45) is 0.948. The molecule has 35 heavy (non-hydrogen) atoms. The molecule has 1 saturated heterocycles. The van der Waals surface area contributed by atoms with E-state index in [0.717, 1.165) is 11.2 Å². The number of carboxylic acid groups (broad SMARTS) is 1. The molecule has 12 nitrogen and oxygen atoms in total. The second-order valence-electron chi connectivity index (χ2n) is 7.73. The van der Waals surface area contributed by atoms with E-state index < -0.39 is 22.2 Å². The van der Waals surface area contributed by atoms with Crippen molar-refractivity contribution in [3.8, 4) is 5.82 Å². The van der Waals surface area contributed by atoms with Gasteiger partial charge in [-0.2, -0.15) is 28.1 Å². The Morgan fingerprint density at radius 3 is 2.57 bits per heavy atom. The molecule has 0 unspecified atom stereocenters. The Balaban J connectivity index is 0.000000364. The molecule has 16 heteroatoms. The zero-order valence-electron chi connectivity index (χ0n) is 18.4. The lowest BCUT2D eigenvalue weighted by Crippen LogP contribution is -2.44. The van der Waals surface area contributed by atoms with Crippen LogP contribution in [0.25, 0.3) is 27.8 Å². The van der Waals surface area contributed by atoms with Crippen LogP contribution in [-0.2, 0) is 19.6 Å². The standard InChI is InChI=1S/C17H19N7O3S.C2HF3O2/c1-11-10-27-8-7-22(11)16-12-4-6-23(28(2,25)26)15(12)13-9-19-24(17(13)20-16)14-3-5-18-21-14;3-2(4,5)1(6)7/h3-6,9,11H,7-8,10H2,1-2H3,(H,18,21);(H,6,7)/t11-;/m1./s1. The molecule has 0 aliphatic carbocycles. The molecular formula is C19H20F3N7O5S. The number of nitrogens with one attached hydrogen (secondary N) is 1. The predicted molar refractivity (Wildman–Crippen MR) is 118 cm³/mol. The molecule has 0 aromatic carbocycles. The zero-order valence-corrected chi connectivity index (χ0v) is 19.2. The van der Waals surface area contributed by atoms with Crippen LogP contribution < -0.4 is 4.90 Å². The molecule has 188 valence electrons. The van der Waals surface area contributed by atoms with Gasteiger partial charge < -0.3 is 14.7 Å². The molecule has 1 aliphatic heterocycles. The number of carbonyl (C=O) groups is 1. The molecule has 2 N–H and O–H groups in total. The number of aromatic amines is 1. The Morgan fingerprint density at radius 2 is 2.00 bits per heavy atom. The highest BCUT2D eigenvalue weighted by molar-refractivity contribution is 7.89. The summed E-state index contributed by atoms with van der Waals surface area (Å²) in [6.45, 7) is 3.93. The van der Waals surface area contributed by atoms with Crippen LogP contribution >= 0.6 is 0 Å². The first-order valence-corrected chi connectivity index (χ1v) is 12.0. The van der Waals surface area contributed by atoms with Crippen molar-refractivity contribution in [2.75, 3.05) is 30.9 Å². The lowest BCUT2D eigenvalue weighted by atomic mass is 10.2. The van der Waals surface area contributed by atoms with Gasteiger partial charge in [-0.1, -0.05) is 0 Å². The van der Waals surface area contributed by atoms with Gasteiger partial charge in [0, 0.05) is 24.2 Å². The van der Waals surface area contributed by atoms with Gasteiger partial charge >= 0.3 is 12.1 Å². The van der Waals surface area contributed by atoms with E-state index in [1.165, 1.54) is 10.2 Å². The molecule has 0 bridgehead atoms. The van der Waals surface area contributed by atoms with Gasteiger partial charge in [-0.15, -0.1) is 0 Å². The van der Waals surface area contributed by atoms with Gasteiger partial charge in [0.15, 0.2) is 11.5 Å². The fraction of sp³-hybridized carbons (Fsp3) is 0.368. The molecule has 5 rings (SSSR count). The summed E-state index contributed by atoms with van der Waals surface area (Å²) in [7, 11) is -3.49. The van der Waals surface area contributed by atoms with Gasteiger partial charge in [0.2, 0.25) is 10.0 Å². The van der Waals surface area contributed by atoms with Crippen LogP contribution in [0.5, 0.6) is 0 Å². The smallest absolute Gasteiger partial charge is 0.475 e. The molecule has 0 spiro atoms. The average molecular weight is 515 g/mol. The van der Waals surface area contributed by atoms with E-state index in [-0.39, 0.29) is 6.04 Å². The number of rotatable bonds is 3. The number of hydrogen-bond donors (Lipinski definition) is 2. The van der Waals surface area contributed by atoms with Crippen molar-refractivity contribution >= 4 is 43.7 Å². The lowest BCUT2D eigenvalue weighted by Gasteiger charge is -2.34. The molecule has 1 aliphatic rings. The fourth-order valence-electron chi connectivity index (χ4n) is 3.72. The van der Waals surface area contributed by atoms with Crippen LogP contribution in [0.15, 0.2) is 30.7 Å². The quantitative estimate of drug-likeness (QED) is 0.416. The summed E-state index contributed by atoms with van der Waals surface area (Å²) in [5, 5.41) is 19.8. The SMILES string of the molecule is C[C@@H]1COCCN1c1nc2c(cnn2-c2ccn[nH]2)c2c1ccn2S(C)(=O)=O.O=C(O)C(F)(F)F. The van der Waals surface area contributed by atoms with Gasteiger partial charge in [-0.05, 0) is 13.0 Å². The number of carboxylic acids is 1.